The Morgan fingerprint density at radius 1 is 0.967 bits per heavy atom. The summed E-state index contributed by atoms with van der Waals surface area (Å²) in [5, 5.41) is 5.61. The van der Waals surface area contributed by atoms with Crippen molar-refractivity contribution < 1.29 is 18.0 Å². The van der Waals surface area contributed by atoms with Gasteiger partial charge in [-0.2, -0.15) is 0 Å². The van der Waals surface area contributed by atoms with Gasteiger partial charge in [-0.05, 0) is 37.1 Å². The number of hydrogen-bond acceptors (Lipinski definition) is 4. The highest BCUT2D eigenvalue weighted by molar-refractivity contribution is 7.92. The SMILES string of the molecule is CCCCNC(=O)c1ccccc1NC(=O)CCCN(c1ccccc1)S(C)(=O)=O. The molecule has 0 aliphatic rings. The Bertz CT molecular complexity index is 946. The van der Waals surface area contributed by atoms with Crippen LogP contribution in [0.25, 0.3) is 0 Å². The van der Waals surface area contributed by atoms with E-state index in [2.05, 4.69) is 10.6 Å². The number of nitrogens with one attached hydrogen (secondary N) is 2. The van der Waals surface area contributed by atoms with Crippen molar-refractivity contribution in [3.05, 3.63) is 60.2 Å². The van der Waals surface area contributed by atoms with Crippen LogP contribution in [0.5, 0.6) is 0 Å². The summed E-state index contributed by atoms with van der Waals surface area (Å²) in [5.41, 5.74) is 1.41. The van der Waals surface area contributed by atoms with Gasteiger partial charge < -0.3 is 10.6 Å². The number of carbonyl (C=O) groups is 2. The molecule has 0 saturated heterocycles. The molecule has 7 nitrogen and oxygen atoms in total. The van der Waals surface area contributed by atoms with Gasteiger partial charge in [0, 0.05) is 19.5 Å². The van der Waals surface area contributed by atoms with Crippen molar-refractivity contribution in [3.8, 4) is 0 Å². The summed E-state index contributed by atoms with van der Waals surface area (Å²) in [6.07, 6.45) is 3.49. The lowest BCUT2D eigenvalue weighted by Gasteiger charge is -2.22. The van der Waals surface area contributed by atoms with E-state index >= 15 is 0 Å². The first-order valence-electron chi connectivity index (χ1n) is 10.0. The van der Waals surface area contributed by atoms with Crippen molar-refractivity contribution in [1.29, 1.82) is 0 Å². The third-order valence-electron chi connectivity index (χ3n) is 4.47. The zero-order chi connectivity index (χ0) is 22.0. The number of rotatable bonds is 11. The minimum atomic E-state index is -3.46. The minimum absolute atomic E-state index is 0.130. The summed E-state index contributed by atoms with van der Waals surface area (Å²) < 4.78 is 25.5. The van der Waals surface area contributed by atoms with Crippen LogP contribution in [0.1, 0.15) is 43.0 Å². The van der Waals surface area contributed by atoms with Crippen molar-refractivity contribution >= 4 is 33.2 Å². The molecule has 2 aromatic carbocycles. The van der Waals surface area contributed by atoms with Gasteiger partial charge in [-0.3, -0.25) is 13.9 Å². The van der Waals surface area contributed by atoms with Gasteiger partial charge >= 0.3 is 0 Å². The molecule has 0 unspecified atom stereocenters. The van der Waals surface area contributed by atoms with Gasteiger partial charge in [0.2, 0.25) is 15.9 Å². The summed E-state index contributed by atoms with van der Waals surface area (Å²) in [4.78, 5) is 24.8. The molecule has 0 saturated carbocycles. The number of amides is 2. The molecule has 0 atom stereocenters. The minimum Gasteiger partial charge on any atom is -0.352 e. The van der Waals surface area contributed by atoms with Crippen molar-refractivity contribution in [2.45, 2.75) is 32.6 Å². The molecule has 2 amide bonds. The fourth-order valence-corrected chi connectivity index (χ4v) is 3.91. The van der Waals surface area contributed by atoms with Crippen LogP contribution in [0.3, 0.4) is 0 Å². The second kappa shape index (κ2) is 11.3. The zero-order valence-electron chi connectivity index (χ0n) is 17.4. The fraction of sp³-hybridized carbons (Fsp3) is 0.364. The number of anilines is 2. The van der Waals surface area contributed by atoms with Crippen molar-refractivity contribution in [1.82, 2.24) is 5.32 Å². The van der Waals surface area contributed by atoms with Crippen molar-refractivity contribution in [2.24, 2.45) is 0 Å². The molecule has 0 heterocycles. The van der Waals surface area contributed by atoms with E-state index in [1.54, 1.807) is 48.5 Å². The normalized spacial score (nSPS) is 11.0. The summed E-state index contributed by atoms with van der Waals surface area (Å²) in [5.74, 6) is -0.503. The fourth-order valence-electron chi connectivity index (χ4n) is 2.94. The van der Waals surface area contributed by atoms with Crippen LogP contribution in [0, 0.1) is 0 Å². The van der Waals surface area contributed by atoms with Gasteiger partial charge in [-0.1, -0.05) is 43.7 Å². The van der Waals surface area contributed by atoms with E-state index in [0.717, 1.165) is 19.1 Å². The van der Waals surface area contributed by atoms with Crippen LogP contribution in [-0.2, 0) is 14.8 Å². The van der Waals surface area contributed by atoms with Crippen LogP contribution in [-0.4, -0.2) is 39.6 Å². The predicted octanol–water partition coefficient (Wildman–Crippen LogP) is 3.40. The molecular formula is C22H29N3O4S. The Balaban J connectivity index is 1.95. The number of unbranched alkanes of at least 4 members (excludes halogenated alkanes) is 1. The molecule has 2 rings (SSSR count). The lowest BCUT2D eigenvalue weighted by Crippen LogP contribution is -2.31. The molecular weight excluding hydrogens is 402 g/mol. The monoisotopic (exact) mass is 431 g/mol. The molecule has 8 heteroatoms. The number of hydrogen-bond donors (Lipinski definition) is 2. The predicted molar refractivity (Wildman–Crippen MR) is 120 cm³/mol. The topological polar surface area (TPSA) is 95.6 Å². The van der Waals surface area contributed by atoms with E-state index in [9.17, 15) is 18.0 Å². The smallest absolute Gasteiger partial charge is 0.253 e. The third-order valence-corrected chi connectivity index (χ3v) is 5.67. The summed E-state index contributed by atoms with van der Waals surface area (Å²) >= 11 is 0. The Morgan fingerprint density at radius 3 is 2.30 bits per heavy atom. The summed E-state index contributed by atoms with van der Waals surface area (Å²) in [7, 11) is -3.46. The largest absolute Gasteiger partial charge is 0.352 e. The van der Waals surface area contributed by atoms with E-state index in [0.29, 0.717) is 29.9 Å². The lowest BCUT2D eigenvalue weighted by atomic mass is 10.1. The molecule has 2 aromatic rings. The maximum absolute atomic E-state index is 12.4. The Morgan fingerprint density at radius 2 is 1.63 bits per heavy atom. The molecule has 2 N–H and O–H groups in total. The van der Waals surface area contributed by atoms with E-state index in [-0.39, 0.29) is 24.8 Å². The maximum atomic E-state index is 12.4. The van der Waals surface area contributed by atoms with Gasteiger partial charge in [0.05, 0.1) is 23.2 Å². The van der Waals surface area contributed by atoms with Gasteiger partial charge in [0.15, 0.2) is 0 Å². The highest BCUT2D eigenvalue weighted by atomic mass is 32.2. The molecule has 0 radical (unpaired) electrons. The molecule has 162 valence electrons. The summed E-state index contributed by atoms with van der Waals surface area (Å²) in [6.45, 7) is 2.82. The van der Waals surface area contributed by atoms with Crippen molar-refractivity contribution in [3.63, 3.8) is 0 Å². The number of carbonyl (C=O) groups excluding carboxylic acids is 2. The van der Waals surface area contributed by atoms with Gasteiger partial charge in [-0.25, -0.2) is 8.42 Å². The number of sulfonamides is 1. The number of para-hydroxylation sites is 2. The standard InChI is InChI=1S/C22H29N3O4S/c1-3-4-16-23-22(27)19-13-8-9-14-20(19)24-21(26)15-10-17-25(30(2,28)29)18-11-6-5-7-12-18/h5-9,11-14H,3-4,10,15-17H2,1-2H3,(H,23,27)(H,24,26). The second-order valence-corrected chi connectivity index (χ2v) is 8.88. The van der Waals surface area contributed by atoms with E-state index < -0.39 is 10.0 Å². The van der Waals surface area contributed by atoms with Crippen LogP contribution in [0.15, 0.2) is 54.6 Å². The highest BCUT2D eigenvalue weighted by Gasteiger charge is 2.18. The highest BCUT2D eigenvalue weighted by Crippen LogP contribution is 2.18. The number of nitrogens with zero attached hydrogens (tertiary/aromatic N) is 1. The van der Waals surface area contributed by atoms with Gasteiger partial charge in [0.25, 0.3) is 5.91 Å². The molecule has 0 bridgehead atoms. The van der Waals surface area contributed by atoms with Crippen LogP contribution >= 0.6 is 0 Å². The Kier molecular flexibility index (Phi) is 8.86. The Hall–Kier alpha value is -2.87. The molecule has 30 heavy (non-hydrogen) atoms. The maximum Gasteiger partial charge on any atom is 0.253 e. The lowest BCUT2D eigenvalue weighted by molar-refractivity contribution is -0.116. The van der Waals surface area contributed by atoms with Crippen LogP contribution in [0.2, 0.25) is 0 Å². The molecule has 0 aromatic heterocycles. The van der Waals surface area contributed by atoms with Gasteiger partial charge in [0.1, 0.15) is 0 Å². The average Bonchev–Trinajstić information content (AvgIpc) is 2.71. The molecule has 0 aliphatic carbocycles. The quantitative estimate of drug-likeness (QED) is 0.533. The second-order valence-electron chi connectivity index (χ2n) is 6.98. The van der Waals surface area contributed by atoms with E-state index in [1.807, 2.05) is 13.0 Å². The van der Waals surface area contributed by atoms with Gasteiger partial charge in [-0.15, -0.1) is 0 Å². The molecule has 0 fully saturated rings. The van der Waals surface area contributed by atoms with Crippen molar-refractivity contribution in [2.75, 3.05) is 29.0 Å². The van der Waals surface area contributed by atoms with E-state index in [1.165, 1.54) is 4.31 Å². The zero-order valence-corrected chi connectivity index (χ0v) is 18.2. The molecule has 0 spiro atoms. The van der Waals surface area contributed by atoms with Crippen LogP contribution in [0.4, 0.5) is 11.4 Å². The van der Waals surface area contributed by atoms with E-state index in [4.69, 9.17) is 0 Å². The average molecular weight is 432 g/mol. The first-order chi connectivity index (χ1) is 14.3. The first kappa shape index (κ1) is 23.4. The third kappa shape index (κ3) is 7.18. The van der Waals surface area contributed by atoms with Crippen LogP contribution < -0.4 is 14.9 Å². The first-order valence-corrected chi connectivity index (χ1v) is 11.9. The molecule has 0 aliphatic heterocycles. The summed E-state index contributed by atoms with van der Waals surface area (Å²) in [6, 6.07) is 15.6. The number of benzene rings is 2. The Labute approximate surface area is 178 Å².